The van der Waals surface area contributed by atoms with Crippen molar-refractivity contribution in [3.63, 3.8) is 0 Å². The molecular formula is C17H19N3O. The molecule has 3 rings (SSSR count). The fraction of sp³-hybridized carbons (Fsp3) is 0.235. The summed E-state index contributed by atoms with van der Waals surface area (Å²) in [4.78, 5) is 0. The second-order valence-electron chi connectivity index (χ2n) is 5.35. The van der Waals surface area contributed by atoms with Crippen LogP contribution in [0.2, 0.25) is 0 Å². The monoisotopic (exact) mass is 281 g/mol. The quantitative estimate of drug-likeness (QED) is 0.753. The summed E-state index contributed by atoms with van der Waals surface area (Å²) in [6.45, 7) is 6.84. The highest BCUT2D eigenvalue weighted by molar-refractivity contribution is 5.59. The van der Waals surface area contributed by atoms with Crippen molar-refractivity contribution in [3.8, 4) is 11.5 Å². The van der Waals surface area contributed by atoms with E-state index in [4.69, 9.17) is 4.42 Å². The van der Waals surface area contributed by atoms with Crippen LogP contribution in [-0.2, 0) is 6.54 Å². The van der Waals surface area contributed by atoms with Crippen molar-refractivity contribution in [1.82, 2.24) is 10.2 Å². The smallest absolute Gasteiger partial charge is 0.152 e. The number of rotatable bonds is 4. The van der Waals surface area contributed by atoms with Crippen LogP contribution in [0.1, 0.15) is 22.5 Å². The summed E-state index contributed by atoms with van der Waals surface area (Å²) in [5, 5.41) is 10.6. The normalized spacial score (nSPS) is 10.8. The highest BCUT2D eigenvalue weighted by Gasteiger charge is 2.11. The largest absolute Gasteiger partial charge is 0.460 e. The molecule has 4 heteroatoms. The molecule has 4 nitrogen and oxygen atoms in total. The molecule has 0 saturated carbocycles. The average Bonchev–Trinajstić information content (AvgIpc) is 3.08. The Morgan fingerprint density at radius 1 is 1.14 bits per heavy atom. The van der Waals surface area contributed by atoms with Gasteiger partial charge in [0.2, 0.25) is 0 Å². The number of H-pyrrole nitrogens is 1. The first-order valence-electron chi connectivity index (χ1n) is 7.03. The Kier molecular flexibility index (Phi) is 3.52. The van der Waals surface area contributed by atoms with E-state index < -0.39 is 0 Å². The molecule has 0 amide bonds. The van der Waals surface area contributed by atoms with Gasteiger partial charge in [0.05, 0.1) is 6.20 Å². The van der Waals surface area contributed by atoms with Crippen LogP contribution in [0.5, 0.6) is 0 Å². The molecule has 0 bridgehead atoms. The number of anilines is 1. The number of nitrogens with zero attached hydrogens (tertiary/aromatic N) is 1. The minimum absolute atomic E-state index is 0.704. The third kappa shape index (κ3) is 2.84. The summed E-state index contributed by atoms with van der Waals surface area (Å²) >= 11 is 0. The number of hydrogen-bond acceptors (Lipinski definition) is 3. The van der Waals surface area contributed by atoms with E-state index in [2.05, 4.69) is 47.6 Å². The van der Waals surface area contributed by atoms with E-state index in [0.717, 1.165) is 28.5 Å². The molecule has 2 heterocycles. The lowest BCUT2D eigenvalue weighted by Crippen LogP contribution is -2.01. The summed E-state index contributed by atoms with van der Waals surface area (Å²) in [6, 6.07) is 10.3. The van der Waals surface area contributed by atoms with Gasteiger partial charge in [0.15, 0.2) is 5.76 Å². The number of furan rings is 1. The van der Waals surface area contributed by atoms with Gasteiger partial charge in [-0.3, -0.25) is 5.10 Å². The Morgan fingerprint density at radius 3 is 2.76 bits per heavy atom. The van der Waals surface area contributed by atoms with Gasteiger partial charge in [-0.15, -0.1) is 0 Å². The van der Waals surface area contributed by atoms with E-state index in [9.17, 15) is 0 Å². The zero-order chi connectivity index (χ0) is 14.8. The van der Waals surface area contributed by atoms with Crippen LogP contribution in [0.15, 0.2) is 40.9 Å². The molecule has 0 fully saturated rings. The van der Waals surface area contributed by atoms with Crippen molar-refractivity contribution in [1.29, 1.82) is 0 Å². The Balaban J connectivity index is 1.80. The maximum Gasteiger partial charge on any atom is 0.152 e. The van der Waals surface area contributed by atoms with E-state index in [0.29, 0.717) is 6.54 Å². The number of aryl methyl sites for hydroxylation is 3. The molecular weight excluding hydrogens is 262 g/mol. The van der Waals surface area contributed by atoms with Crippen LogP contribution in [-0.4, -0.2) is 10.2 Å². The van der Waals surface area contributed by atoms with Crippen molar-refractivity contribution >= 4 is 5.69 Å². The summed E-state index contributed by atoms with van der Waals surface area (Å²) in [5.41, 5.74) is 5.65. The van der Waals surface area contributed by atoms with Crippen LogP contribution in [0.3, 0.4) is 0 Å². The average molecular weight is 281 g/mol. The fourth-order valence-corrected chi connectivity index (χ4v) is 2.34. The SMILES string of the molecule is Cc1ccc(C)c(NCc2cn[nH]c2-c2ccc(C)o2)c1. The number of aromatic amines is 1. The van der Waals surface area contributed by atoms with E-state index in [1.165, 1.54) is 11.1 Å². The van der Waals surface area contributed by atoms with Gasteiger partial charge in [0, 0.05) is 17.8 Å². The van der Waals surface area contributed by atoms with Gasteiger partial charge in [0.1, 0.15) is 11.5 Å². The first-order chi connectivity index (χ1) is 10.1. The molecule has 0 saturated heterocycles. The highest BCUT2D eigenvalue weighted by atomic mass is 16.3. The molecule has 2 N–H and O–H groups in total. The van der Waals surface area contributed by atoms with E-state index in [-0.39, 0.29) is 0 Å². The Hall–Kier alpha value is -2.49. The van der Waals surface area contributed by atoms with Crippen LogP contribution >= 0.6 is 0 Å². The third-order valence-electron chi connectivity index (χ3n) is 3.57. The lowest BCUT2D eigenvalue weighted by molar-refractivity contribution is 0.545. The molecule has 108 valence electrons. The van der Waals surface area contributed by atoms with Crippen molar-refractivity contribution in [2.24, 2.45) is 0 Å². The predicted molar refractivity (Wildman–Crippen MR) is 84.3 cm³/mol. The van der Waals surface area contributed by atoms with Crippen LogP contribution in [0.4, 0.5) is 5.69 Å². The third-order valence-corrected chi connectivity index (χ3v) is 3.57. The topological polar surface area (TPSA) is 53.9 Å². The molecule has 2 aromatic heterocycles. The Morgan fingerprint density at radius 2 is 2.00 bits per heavy atom. The summed E-state index contributed by atoms with van der Waals surface area (Å²) in [7, 11) is 0. The maximum atomic E-state index is 5.66. The molecule has 0 aliphatic carbocycles. The zero-order valence-electron chi connectivity index (χ0n) is 12.5. The van der Waals surface area contributed by atoms with Gasteiger partial charge in [-0.2, -0.15) is 5.10 Å². The van der Waals surface area contributed by atoms with Gasteiger partial charge in [-0.05, 0) is 50.1 Å². The predicted octanol–water partition coefficient (Wildman–Crippen LogP) is 4.21. The molecule has 21 heavy (non-hydrogen) atoms. The summed E-state index contributed by atoms with van der Waals surface area (Å²) in [6.07, 6.45) is 1.84. The van der Waals surface area contributed by atoms with Gasteiger partial charge in [-0.1, -0.05) is 12.1 Å². The van der Waals surface area contributed by atoms with Crippen LogP contribution in [0.25, 0.3) is 11.5 Å². The minimum Gasteiger partial charge on any atom is -0.460 e. The Labute approximate surface area is 124 Å². The zero-order valence-corrected chi connectivity index (χ0v) is 12.5. The van der Waals surface area contributed by atoms with E-state index in [1.54, 1.807) is 0 Å². The summed E-state index contributed by atoms with van der Waals surface area (Å²) < 4.78 is 5.66. The van der Waals surface area contributed by atoms with Crippen molar-refractivity contribution in [2.75, 3.05) is 5.32 Å². The fourth-order valence-electron chi connectivity index (χ4n) is 2.34. The molecule has 0 spiro atoms. The van der Waals surface area contributed by atoms with Crippen LogP contribution in [0, 0.1) is 20.8 Å². The van der Waals surface area contributed by atoms with Gasteiger partial charge in [-0.25, -0.2) is 0 Å². The molecule has 0 aliphatic rings. The first-order valence-corrected chi connectivity index (χ1v) is 7.03. The number of hydrogen-bond donors (Lipinski definition) is 2. The van der Waals surface area contributed by atoms with Crippen LogP contribution < -0.4 is 5.32 Å². The molecule has 0 radical (unpaired) electrons. The lowest BCUT2D eigenvalue weighted by Gasteiger charge is -2.10. The van der Waals surface area contributed by atoms with E-state index in [1.807, 2.05) is 25.3 Å². The first kappa shape index (κ1) is 13.5. The lowest BCUT2D eigenvalue weighted by atomic mass is 10.1. The minimum atomic E-state index is 0.704. The maximum absolute atomic E-state index is 5.66. The number of benzene rings is 1. The summed E-state index contributed by atoms with van der Waals surface area (Å²) in [5.74, 6) is 1.72. The van der Waals surface area contributed by atoms with Gasteiger partial charge in [0.25, 0.3) is 0 Å². The van der Waals surface area contributed by atoms with Crippen molar-refractivity contribution < 1.29 is 4.42 Å². The number of nitrogens with one attached hydrogen (secondary N) is 2. The molecule has 3 aromatic rings. The van der Waals surface area contributed by atoms with Gasteiger partial charge >= 0.3 is 0 Å². The van der Waals surface area contributed by atoms with Crippen molar-refractivity contribution in [3.05, 3.63) is 59.0 Å². The molecule has 0 atom stereocenters. The number of aromatic nitrogens is 2. The highest BCUT2D eigenvalue weighted by Crippen LogP contribution is 2.24. The van der Waals surface area contributed by atoms with Crippen molar-refractivity contribution in [2.45, 2.75) is 27.3 Å². The molecule has 0 aliphatic heterocycles. The second-order valence-corrected chi connectivity index (χ2v) is 5.35. The molecule has 0 unspecified atom stereocenters. The van der Waals surface area contributed by atoms with E-state index >= 15 is 0 Å². The Bertz CT molecular complexity index is 755. The second kappa shape index (κ2) is 5.48. The standard InChI is InChI=1S/C17H19N3O/c1-11-4-5-12(2)15(8-11)18-9-14-10-19-20-17(14)16-7-6-13(3)21-16/h4-8,10,18H,9H2,1-3H3,(H,19,20). The molecule has 1 aromatic carbocycles. The van der Waals surface area contributed by atoms with Gasteiger partial charge < -0.3 is 9.73 Å².